The van der Waals surface area contributed by atoms with Crippen LogP contribution in [-0.4, -0.2) is 9.97 Å². The highest BCUT2D eigenvalue weighted by Crippen LogP contribution is 2.28. The summed E-state index contributed by atoms with van der Waals surface area (Å²) in [6.07, 6.45) is 1.71. The minimum absolute atomic E-state index is 0.246. The summed E-state index contributed by atoms with van der Waals surface area (Å²) >= 11 is 9.30. The van der Waals surface area contributed by atoms with Gasteiger partial charge in [-0.25, -0.2) is 9.97 Å². The number of rotatable bonds is 2. The van der Waals surface area contributed by atoms with E-state index >= 15 is 0 Å². The second kappa shape index (κ2) is 5.24. The molecule has 18 heavy (non-hydrogen) atoms. The van der Waals surface area contributed by atoms with Crippen LogP contribution in [0, 0.1) is 20.8 Å². The molecule has 0 amide bonds. The topological polar surface area (TPSA) is 37.8 Å². The van der Waals surface area contributed by atoms with Crippen molar-refractivity contribution in [2.75, 3.05) is 5.32 Å². The molecule has 1 aromatic carbocycles. The van der Waals surface area contributed by atoms with Crippen LogP contribution in [0.5, 0.6) is 0 Å². The monoisotopic (exact) mass is 325 g/mol. The molecule has 0 atom stereocenters. The van der Waals surface area contributed by atoms with Crippen LogP contribution in [0.2, 0.25) is 5.28 Å². The summed E-state index contributed by atoms with van der Waals surface area (Å²) in [5.41, 5.74) is 4.31. The van der Waals surface area contributed by atoms with Crippen LogP contribution in [-0.2, 0) is 0 Å². The average molecular weight is 327 g/mol. The van der Waals surface area contributed by atoms with Crippen molar-refractivity contribution >= 4 is 39.0 Å². The zero-order valence-electron chi connectivity index (χ0n) is 10.4. The highest BCUT2D eigenvalue weighted by atomic mass is 79.9. The van der Waals surface area contributed by atoms with Gasteiger partial charge in [0.25, 0.3) is 0 Å². The van der Waals surface area contributed by atoms with Gasteiger partial charge in [0, 0.05) is 21.9 Å². The fraction of sp³-hybridized carbons (Fsp3) is 0.231. The van der Waals surface area contributed by atoms with Gasteiger partial charge in [-0.15, -0.1) is 0 Å². The Balaban J connectivity index is 2.43. The molecule has 0 saturated heterocycles. The van der Waals surface area contributed by atoms with Gasteiger partial charge in [-0.2, -0.15) is 0 Å². The SMILES string of the molecule is Cc1cnc(Cl)nc1Nc1c(C)cc(Br)cc1C. The molecule has 2 rings (SSSR count). The van der Waals surface area contributed by atoms with Gasteiger partial charge >= 0.3 is 0 Å². The number of hydrogen-bond donors (Lipinski definition) is 1. The Morgan fingerprint density at radius 1 is 1.11 bits per heavy atom. The maximum Gasteiger partial charge on any atom is 0.224 e. The van der Waals surface area contributed by atoms with E-state index in [1.165, 1.54) is 0 Å². The molecular weight excluding hydrogens is 314 g/mol. The van der Waals surface area contributed by atoms with Crippen molar-refractivity contribution in [1.82, 2.24) is 9.97 Å². The van der Waals surface area contributed by atoms with Gasteiger partial charge < -0.3 is 5.32 Å². The second-order valence-electron chi connectivity index (χ2n) is 4.21. The van der Waals surface area contributed by atoms with Crippen LogP contribution in [0.25, 0.3) is 0 Å². The Morgan fingerprint density at radius 3 is 2.33 bits per heavy atom. The van der Waals surface area contributed by atoms with Gasteiger partial charge in [0.15, 0.2) is 0 Å². The number of benzene rings is 1. The third kappa shape index (κ3) is 2.82. The molecule has 0 saturated carbocycles. The van der Waals surface area contributed by atoms with Crippen molar-refractivity contribution in [3.05, 3.63) is 44.8 Å². The number of aryl methyl sites for hydroxylation is 3. The van der Waals surface area contributed by atoms with Crippen LogP contribution in [0.3, 0.4) is 0 Å². The molecule has 0 spiro atoms. The minimum atomic E-state index is 0.246. The van der Waals surface area contributed by atoms with E-state index < -0.39 is 0 Å². The number of nitrogens with zero attached hydrogens (tertiary/aromatic N) is 2. The van der Waals surface area contributed by atoms with E-state index in [2.05, 4.69) is 57.2 Å². The van der Waals surface area contributed by atoms with Gasteiger partial charge in [0.05, 0.1) is 0 Å². The molecule has 0 radical (unpaired) electrons. The minimum Gasteiger partial charge on any atom is -0.339 e. The first-order valence-corrected chi connectivity index (χ1v) is 6.67. The molecule has 0 unspecified atom stereocenters. The number of aromatic nitrogens is 2. The fourth-order valence-corrected chi connectivity index (χ4v) is 2.59. The van der Waals surface area contributed by atoms with Gasteiger partial charge in [-0.1, -0.05) is 15.9 Å². The number of hydrogen-bond acceptors (Lipinski definition) is 3. The lowest BCUT2D eigenvalue weighted by Crippen LogP contribution is -2.01. The van der Waals surface area contributed by atoms with Crippen LogP contribution in [0.1, 0.15) is 16.7 Å². The van der Waals surface area contributed by atoms with E-state index in [9.17, 15) is 0 Å². The summed E-state index contributed by atoms with van der Waals surface area (Å²) in [6, 6.07) is 4.13. The average Bonchev–Trinajstić information content (AvgIpc) is 2.28. The molecule has 94 valence electrons. The van der Waals surface area contributed by atoms with Crippen LogP contribution in [0.15, 0.2) is 22.8 Å². The Labute approximate surface area is 120 Å². The van der Waals surface area contributed by atoms with E-state index in [0.29, 0.717) is 0 Å². The predicted octanol–water partition coefficient (Wildman–Crippen LogP) is 4.56. The maximum atomic E-state index is 5.82. The first kappa shape index (κ1) is 13.3. The molecule has 0 fully saturated rings. The number of halogens is 2. The lowest BCUT2D eigenvalue weighted by atomic mass is 10.1. The summed E-state index contributed by atoms with van der Waals surface area (Å²) in [6.45, 7) is 6.05. The maximum absolute atomic E-state index is 5.82. The normalized spacial score (nSPS) is 10.5. The van der Waals surface area contributed by atoms with Gasteiger partial charge in [-0.3, -0.25) is 0 Å². The van der Waals surface area contributed by atoms with Crippen molar-refractivity contribution in [3.63, 3.8) is 0 Å². The molecule has 0 aliphatic rings. The molecular formula is C13H13BrClN3. The quantitative estimate of drug-likeness (QED) is 0.822. The van der Waals surface area contributed by atoms with Gasteiger partial charge in [0.1, 0.15) is 5.82 Å². The van der Waals surface area contributed by atoms with Crippen molar-refractivity contribution in [2.45, 2.75) is 20.8 Å². The standard InChI is InChI=1S/C13H13BrClN3/c1-7-4-10(14)5-8(2)11(7)17-12-9(3)6-16-13(15)18-12/h4-6H,1-3H3,(H,16,17,18). The molecule has 2 aromatic rings. The lowest BCUT2D eigenvalue weighted by Gasteiger charge is -2.14. The largest absolute Gasteiger partial charge is 0.339 e. The second-order valence-corrected chi connectivity index (χ2v) is 5.46. The van der Waals surface area contributed by atoms with E-state index in [4.69, 9.17) is 11.6 Å². The van der Waals surface area contributed by atoms with Gasteiger partial charge in [-0.05, 0) is 55.6 Å². The summed E-state index contributed by atoms with van der Waals surface area (Å²) in [5.74, 6) is 0.739. The van der Waals surface area contributed by atoms with E-state index in [0.717, 1.165) is 32.7 Å². The summed E-state index contributed by atoms with van der Waals surface area (Å²) in [5, 5.41) is 3.57. The summed E-state index contributed by atoms with van der Waals surface area (Å²) in [4.78, 5) is 8.15. The molecule has 0 aliphatic carbocycles. The van der Waals surface area contributed by atoms with E-state index in [-0.39, 0.29) is 5.28 Å². The number of nitrogens with one attached hydrogen (secondary N) is 1. The smallest absolute Gasteiger partial charge is 0.224 e. The molecule has 1 N–H and O–H groups in total. The first-order valence-electron chi connectivity index (χ1n) is 5.50. The van der Waals surface area contributed by atoms with Crippen LogP contribution >= 0.6 is 27.5 Å². The Bertz CT molecular complexity index is 576. The molecule has 0 bridgehead atoms. The van der Waals surface area contributed by atoms with Gasteiger partial charge in [0.2, 0.25) is 5.28 Å². The third-order valence-corrected chi connectivity index (χ3v) is 3.32. The molecule has 0 aliphatic heterocycles. The van der Waals surface area contributed by atoms with Crippen LogP contribution in [0.4, 0.5) is 11.5 Å². The molecule has 1 heterocycles. The molecule has 3 nitrogen and oxygen atoms in total. The van der Waals surface area contributed by atoms with Crippen LogP contribution < -0.4 is 5.32 Å². The van der Waals surface area contributed by atoms with Crippen molar-refractivity contribution in [1.29, 1.82) is 0 Å². The lowest BCUT2D eigenvalue weighted by molar-refractivity contribution is 1.13. The van der Waals surface area contributed by atoms with E-state index in [1.54, 1.807) is 6.20 Å². The highest BCUT2D eigenvalue weighted by molar-refractivity contribution is 9.10. The highest BCUT2D eigenvalue weighted by Gasteiger charge is 2.08. The number of anilines is 2. The summed E-state index contributed by atoms with van der Waals surface area (Å²) < 4.78 is 1.07. The fourth-order valence-electron chi connectivity index (χ4n) is 1.77. The van der Waals surface area contributed by atoms with Crippen molar-refractivity contribution < 1.29 is 0 Å². The first-order chi connectivity index (χ1) is 8.47. The zero-order valence-corrected chi connectivity index (χ0v) is 12.7. The molecule has 5 heteroatoms. The molecule has 1 aromatic heterocycles. The zero-order chi connectivity index (χ0) is 13.3. The van der Waals surface area contributed by atoms with Crippen molar-refractivity contribution in [2.24, 2.45) is 0 Å². The summed E-state index contributed by atoms with van der Waals surface area (Å²) in [7, 11) is 0. The predicted molar refractivity (Wildman–Crippen MR) is 78.7 cm³/mol. The third-order valence-electron chi connectivity index (χ3n) is 2.68. The van der Waals surface area contributed by atoms with E-state index in [1.807, 2.05) is 6.92 Å². The van der Waals surface area contributed by atoms with Crippen molar-refractivity contribution in [3.8, 4) is 0 Å². The Kier molecular flexibility index (Phi) is 3.88. The Hall–Kier alpha value is -1.13. The Morgan fingerprint density at radius 2 is 1.72 bits per heavy atom.